The van der Waals surface area contributed by atoms with E-state index in [1.807, 2.05) is 27.8 Å². The normalized spacial score (nSPS) is 11.4. The average molecular weight is 172 g/mol. The van der Waals surface area contributed by atoms with Crippen LogP contribution < -0.4 is 5.73 Å². The number of carbonyl (C=O) groups excluding carboxylic acids is 1. The molecular formula is C9H20N2O. The minimum atomic E-state index is -0.216. The molecule has 0 aromatic heterocycles. The molecule has 0 unspecified atom stereocenters. The van der Waals surface area contributed by atoms with Crippen molar-refractivity contribution in [3.8, 4) is 0 Å². The smallest absolute Gasteiger partial charge is 0.222 e. The summed E-state index contributed by atoms with van der Waals surface area (Å²) in [5, 5.41) is 0. The lowest BCUT2D eigenvalue weighted by Crippen LogP contribution is -2.49. The average Bonchev–Trinajstić information content (AvgIpc) is 2.03. The molecule has 0 saturated heterocycles. The van der Waals surface area contributed by atoms with Gasteiger partial charge in [-0.05, 0) is 20.3 Å². The molecule has 72 valence electrons. The van der Waals surface area contributed by atoms with Crippen LogP contribution in [0, 0.1) is 0 Å². The maximum atomic E-state index is 11.4. The van der Waals surface area contributed by atoms with E-state index in [-0.39, 0.29) is 11.4 Å². The van der Waals surface area contributed by atoms with E-state index >= 15 is 0 Å². The molecule has 1 amide bonds. The molecule has 2 N–H and O–H groups in total. The van der Waals surface area contributed by atoms with Crippen LogP contribution in [0.1, 0.15) is 33.6 Å². The van der Waals surface area contributed by atoms with E-state index in [1.165, 1.54) is 0 Å². The summed E-state index contributed by atoms with van der Waals surface area (Å²) in [4.78, 5) is 13.2. The van der Waals surface area contributed by atoms with Gasteiger partial charge < -0.3 is 10.6 Å². The first kappa shape index (κ1) is 11.4. The van der Waals surface area contributed by atoms with E-state index < -0.39 is 0 Å². The molecule has 12 heavy (non-hydrogen) atoms. The molecule has 0 radical (unpaired) electrons. The SMILES string of the molecule is CCCC(=O)N(C)C(C)(C)CN. The number of amides is 1. The maximum Gasteiger partial charge on any atom is 0.222 e. The molecule has 0 aliphatic carbocycles. The summed E-state index contributed by atoms with van der Waals surface area (Å²) >= 11 is 0. The molecular weight excluding hydrogens is 152 g/mol. The summed E-state index contributed by atoms with van der Waals surface area (Å²) in [6.45, 7) is 6.45. The van der Waals surface area contributed by atoms with Gasteiger partial charge in [0.15, 0.2) is 0 Å². The van der Waals surface area contributed by atoms with Crippen LogP contribution in [0.4, 0.5) is 0 Å². The molecule has 3 heteroatoms. The molecule has 0 saturated carbocycles. The summed E-state index contributed by atoms with van der Waals surface area (Å²) in [6.07, 6.45) is 1.50. The van der Waals surface area contributed by atoms with Gasteiger partial charge in [0.1, 0.15) is 0 Å². The minimum Gasteiger partial charge on any atom is -0.339 e. The van der Waals surface area contributed by atoms with Gasteiger partial charge in [0.25, 0.3) is 0 Å². The van der Waals surface area contributed by atoms with E-state index in [0.717, 1.165) is 6.42 Å². The molecule has 0 rings (SSSR count). The summed E-state index contributed by atoms with van der Waals surface area (Å²) in [6, 6.07) is 0. The molecule has 0 aromatic carbocycles. The van der Waals surface area contributed by atoms with Crippen LogP contribution in [0.15, 0.2) is 0 Å². The van der Waals surface area contributed by atoms with Gasteiger partial charge >= 0.3 is 0 Å². The first-order valence-electron chi connectivity index (χ1n) is 4.42. The Morgan fingerprint density at radius 1 is 1.50 bits per heavy atom. The van der Waals surface area contributed by atoms with Crippen molar-refractivity contribution in [2.75, 3.05) is 13.6 Å². The Balaban J connectivity index is 4.17. The topological polar surface area (TPSA) is 46.3 Å². The minimum absolute atomic E-state index is 0.174. The Morgan fingerprint density at radius 3 is 2.33 bits per heavy atom. The summed E-state index contributed by atoms with van der Waals surface area (Å²) in [5.41, 5.74) is 5.33. The lowest BCUT2D eigenvalue weighted by atomic mass is 10.0. The Bertz CT molecular complexity index is 155. The third-order valence-corrected chi connectivity index (χ3v) is 2.25. The first-order chi connectivity index (χ1) is 5.45. The maximum absolute atomic E-state index is 11.4. The number of nitrogens with zero attached hydrogens (tertiary/aromatic N) is 1. The van der Waals surface area contributed by atoms with Crippen LogP contribution in [-0.4, -0.2) is 29.9 Å². The standard InChI is InChI=1S/C9H20N2O/c1-5-6-8(12)11(4)9(2,3)7-10/h5-7,10H2,1-4H3. The van der Waals surface area contributed by atoms with Crippen molar-refractivity contribution >= 4 is 5.91 Å². The molecule has 0 atom stereocenters. The van der Waals surface area contributed by atoms with Crippen LogP contribution in [0.2, 0.25) is 0 Å². The number of rotatable bonds is 4. The Hall–Kier alpha value is -0.570. The lowest BCUT2D eigenvalue weighted by molar-refractivity contribution is -0.134. The number of likely N-dealkylation sites (N-methyl/N-ethyl adjacent to an activating group) is 1. The van der Waals surface area contributed by atoms with Gasteiger partial charge in [0, 0.05) is 25.6 Å². The zero-order chi connectivity index (χ0) is 9.78. The number of hydrogen-bond acceptors (Lipinski definition) is 2. The van der Waals surface area contributed by atoms with Crippen molar-refractivity contribution in [1.82, 2.24) is 4.90 Å². The summed E-state index contributed by atoms with van der Waals surface area (Å²) in [7, 11) is 1.81. The van der Waals surface area contributed by atoms with Crippen molar-refractivity contribution < 1.29 is 4.79 Å². The fourth-order valence-corrected chi connectivity index (χ4v) is 0.856. The van der Waals surface area contributed by atoms with Gasteiger partial charge in [-0.15, -0.1) is 0 Å². The Morgan fingerprint density at radius 2 is 2.00 bits per heavy atom. The van der Waals surface area contributed by atoms with Gasteiger partial charge in [-0.3, -0.25) is 4.79 Å². The van der Waals surface area contributed by atoms with Crippen molar-refractivity contribution in [2.24, 2.45) is 5.73 Å². The van der Waals surface area contributed by atoms with Gasteiger partial charge in [0.05, 0.1) is 0 Å². The Kier molecular flexibility index (Phi) is 4.24. The van der Waals surface area contributed by atoms with Gasteiger partial charge in [-0.1, -0.05) is 6.92 Å². The predicted molar refractivity (Wildman–Crippen MR) is 50.8 cm³/mol. The highest BCUT2D eigenvalue weighted by atomic mass is 16.2. The van der Waals surface area contributed by atoms with Crippen LogP contribution in [0.5, 0.6) is 0 Å². The second-order valence-electron chi connectivity index (χ2n) is 3.72. The molecule has 0 aliphatic rings. The third-order valence-electron chi connectivity index (χ3n) is 2.25. The van der Waals surface area contributed by atoms with E-state index in [9.17, 15) is 4.79 Å². The summed E-state index contributed by atoms with van der Waals surface area (Å²) in [5.74, 6) is 0.174. The predicted octanol–water partition coefficient (Wildman–Crippen LogP) is 0.982. The second-order valence-corrected chi connectivity index (χ2v) is 3.72. The molecule has 0 heterocycles. The van der Waals surface area contributed by atoms with Crippen LogP contribution >= 0.6 is 0 Å². The van der Waals surface area contributed by atoms with E-state index in [0.29, 0.717) is 13.0 Å². The van der Waals surface area contributed by atoms with Crippen molar-refractivity contribution in [1.29, 1.82) is 0 Å². The number of hydrogen-bond donors (Lipinski definition) is 1. The van der Waals surface area contributed by atoms with E-state index in [4.69, 9.17) is 5.73 Å². The molecule has 0 aliphatic heterocycles. The summed E-state index contributed by atoms with van der Waals surface area (Å²) < 4.78 is 0. The largest absolute Gasteiger partial charge is 0.339 e. The van der Waals surface area contributed by atoms with Crippen LogP contribution in [0.25, 0.3) is 0 Å². The van der Waals surface area contributed by atoms with Crippen LogP contribution in [-0.2, 0) is 4.79 Å². The first-order valence-corrected chi connectivity index (χ1v) is 4.42. The molecule has 0 spiro atoms. The lowest BCUT2D eigenvalue weighted by Gasteiger charge is -2.34. The molecule has 0 aromatic rings. The highest BCUT2D eigenvalue weighted by molar-refractivity contribution is 5.76. The molecule has 3 nitrogen and oxygen atoms in total. The number of nitrogens with two attached hydrogens (primary N) is 1. The van der Waals surface area contributed by atoms with E-state index in [2.05, 4.69) is 0 Å². The van der Waals surface area contributed by atoms with Gasteiger partial charge in [-0.25, -0.2) is 0 Å². The molecule has 0 fully saturated rings. The zero-order valence-corrected chi connectivity index (χ0v) is 8.55. The highest BCUT2D eigenvalue weighted by Crippen LogP contribution is 2.11. The fraction of sp³-hybridized carbons (Fsp3) is 0.889. The van der Waals surface area contributed by atoms with Crippen molar-refractivity contribution in [3.63, 3.8) is 0 Å². The van der Waals surface area contributed by atoms with E-state index in [1.54, 1.807) is 4.90 Å². The van der Waals surface area contributed by atoms with Gasteiger partial charge in [0.2, 0.25) is 5.91 Å². The van der Waals surface area contributed by atoms with Gasteiger partial charge in [-0.2, -0.15) is 0 Å². The quantitative estimate of drug-likeness (QED) is 0.687. The molecule has 0 bridgehead atoms. The van der Waals surface area contributed by atoms with Crippen molar-refractivity contribution in [2.45, 2.75) is 39.2 Å². The zero-order valence-electron chi connectivity index (χ0n) is 8.55. The van der Waals surface area contributed by atoms with Crippen molar-refractivity contribution in [3.05, 3.63) is 0 Å². The second kappa shape index (κ2) is 4.45. The Labute approximate surface area is 74.9 Å². The monoisotopic (exact) mass is 172 g/mol. The highest BCUT2D eigenvalue weighted by Gasteiger charge is 2.24. The fourth-order valence-electron chi connectivity index (χ4n) is 0.856. The number of carbonyl (C=O) groups is 1. The third kappa shape index (κ3) is 2.81. The van der Waals surface area contributed by atoms with Crippen LogP contribution in [0.3, 0.4) is 0 Å².